The van der Waals surface area contributed by atoms with E-state index in [1.807, 2.05) is 72.8 Å². The van der Waals surface area contributed by atoms with Crippen molar-refractivity contribution in [2.75, 3.05) is 27.4 Å². The van der Waals surface area contributed by atoms with Crippen LogP contribution in [0.15, 0.2) is 72.8 Å². The van der Waals surface area contributed by atoms with Gasteiger partial charge in [0.15, 0.2) is 0 Å². The Morgan fingerprint density at radius 2 is 0.600 bits per heavy atom. The molecule has 2 heteroatoms. The molecule has 144 valence electrons. The number of hydrogen-bond acceptors (Lipinski definition) is 2. The fraction of sp³-hybridized carbons (Fsp3) is 0.478. The molecule has 2 rings (SSSR count). The van der Waals surface area contributed by atoms with Crippen LogP contribution in [0.2, 0.25) is 0 Å². The van der Waals surface area contributed by atoms with E-state index < -0.39 is 0 Å². The number of methoxy groups -OCH3 is 2. The zero-order valence-electron chi connectivity index (χ0n) is 17.3. The molecule has 0 atom stereocenters. The molecular formula is C23H40O2. The lowest BCUT2D eigenvalue weighted by Crippen LogP contribution is -1.80. The average Bonchev–Trinajstić information content (AvgIpc) is 2.68. The zero-order chi connectivity index (χ0) is 19.4. The number of rotatable bonds is 4. The topological polar surface area (TPSA) is 18.5 Å². The minimum absolute atomic E-state index is 0.889. The van der Waals surface area contributed by atoms with Gasteiger partial charge >= 0.3 is 0 Å². The van der Waals surface area contributed by atoms with Gasteiger partial charge in [-0.25, -0.2) is 0 Å². The molecule has 2 nitrogen and oxygen atoms in total. The maximum Gasteiger partial charge on any atom is 0.0459 e. The highest BCUT2D eigenvalue weighted by Crippen LogP contribution is 1.80. The molecule has 0 amide bonds. The molecular weight excluding hydrogens is 308 g/mol. The first-order valence-corrected chi connectivity index (χ1v) is 9.22. The van der Waals surface area contributed by atoms with Crippen molar-refractivity contribution in [1.82, 2.24) is 0 Å². The summed E-state index contributed by atoms with van der Waals surface area (Å²) >= 11 is 0. The Bertz CT molecular complexity index is 267. The van der Waals surface area contributed by atoms with Crippen LogP contribution in [0.25, 0.3) is 0 Å². The minimum atomic E-state index is 0.889. The molecule has 0 N–H and O–H groups in total. The van der Waals surface area contributed by atoms with Gasteiger partial charge in [-0.05, 0) is 12.8 Å². The van der Waals surface area contributed by atoms with Crippen molar-refractivity contribution in [1.29, 1.82) is 0 Å². The van der Waals surface area contributed by atoms with E-state index in [1.54, 1.807) is 14.2 Å². The van der Waals surface area contributed by atoms with Crippen LogP contribution in [0.1, 0.15) is 47.0 Å². The van der Waals surface area contributed by atoms with Crippen LogP contribution in [-0.4, -0.2) is 27.4 Å². The van der Waals surface area contributed by atoms with Crippen molar-refractivity contribution in [3.8, 4) is 0 Å². The molecule has 0 aliphatic carbocycles. The highest BCUT2D eigenvalue weighted by atomic mass is 16.5. The van der Waals surface area contributed by atoms with Gasteiger partial charge in [-0.15, -0.1) is 0 Å². The van der Waals surface area contributed by atoms with Crippen molar-refractivity contribution in [3.05, 3.63) is 72.8 Å². The molecule has 0 saturated carbocycles. The summed E-state index contributed by atoms with van der Waals surface area (Å²) in [5, 5.41) is 0. The third-order valence-electron chi connectivity index (χ3n) is 2.15. The second kappa shape index (κ2) is 33.9. The normalized spacial score (nSPS) is 7.92. The lowest BCUT2D eigenvalue weighted by Gasteiger charge is -1.84. The van der Waals surface area contributed by atoms with E-state index >= 15 is 0 Å². The van der Waals surface area contributed by atoms with Gasteiger partial charge < -0.3 is 9.47 Å². The Hall–Kier alpha value is -1.64. The quantitative estimate of drug-likeness (QED) is 0.600. The van der Waals surface area contributed by atoms with Crippen molar-refractivity contribution in [3.63, 3.8) is 0 Å². The van der Waals surface area contributed by atoms with E-state index in [2.05, 4.69) is 27.7 Å². The molecule has 0 bridgehead atoms. The molecule has 0 saturated heterocycles. The highest BCUT2D eigenvalue weighted by molar-refractivity contribution is 4.99. The average molecular weight is 349 g/mol. The minimum Gasteiger partial charge on any atom is -0.385 e. The molecule has 0 spiro atoms. The summed E-state index contributed by atoms with van der Waals surface area (Å²) in [6.45, 7) is 10.2. The number of ether oxygens (including phenoxy) is 2. The molecule has 0 unspecified atom stereocenters. The predicted molar refractivity (Wildman–Crippen MR) is 113 cm³/mol. The second-order valence-electron chi connectivity index (χ2n) is 5.00. The Morgan fingerprint density at radius 3 is 0.640 bits per heavy atom. The third-order valence-corrected chi connectivity index (χ3v) is 2.15. The van der Waals surface area contributed by atoms with Gasteiger partial charge in [0.2, 0.25) is 0 Å². The van der Waals surface area contributed by atoms with Crippen molar-refractivity contribution in [2.24, 2.45) is 0 Å². The van der Waals surface area contributed by atoms with Gasteiger partial charge in [0, 0.05) is 27.4 Å². The fourth-order valence-electron chi connectivity index (χ4n) is 1.18. The summed E-state index contributed by atoms with van der Waals surface area (Å²) in [6, 6.07) is 24.0. The van der Waals surface area contributed by atoms with Crippen molar-refractivity contribution >= 4 is 0 Å². The van der Waals surface area contributed by atoms with Crippen LogP contribution < -0.4 is 0 Å². The van der Waals surface area contributed by atoms with E-state index in [-0.39, 0.29) is 0 Å². The van der Waals surface area contributed by atoms with Crippen LogP contribution >= 0.6 is 0 Å². The molecule has 0 aliphatic rings. The maximum absolute atomic E-state index is 4.69. The van der Waals surface area contributed by atoms with E-state index in [0.717, 1.165) is 26.1 Å². The molecule has 0 radical (unpaired) electrons. The lowest BCUT2D eigenvalue weighted by atomic mass is 10.4. The van der Waals surface area contributed by atoms with Crippen LogP contribution in [0.5, 0.6) is 0 Å². The summed E-state index contributed by atoms with van der Waals surface area (Å²) in [4.78, 5) is 0. The van der Waals surface area contributed by atoms with Gasteiger partial charge in [0.1, 0.15) is 0 Å². The summed E-state index contributed by atoms with van der Waals surface area (Å²) in [7, 11) is 3.42. The molecule has 2 aromatic carbocycles. The van der Waals surface area contributed by atoms with Crippen molar-refractivity contribution < 1.29 is 9.47 Å². The van der Waals surface area contributed by atoms with Crippen LogP contribution in [0.3, 0.4) is 0 Å². The Balaban J connectivity index is -0.000000247. The van der Waals surface area contributed by atoms with E-state index in [4.69, 9.17) is 9.47 Å². The number of hydrogen-bond donors (Lipinski definition) is 0. The summed E-state index contributed by atoms with van der Waals surface area (Å²) in [5.41, 5.74) is 0. The monoisotopic (exact) mass is 348 g/mol. The lowest BCUT2D eigenvalue weighted by molar-refractivity contribution is 0.199. The van der Waals surface area contributed by atoms with Crippen LogP contribution in [0.4, 0.5) is 0 Å². The van der Waals surface area contributed by atoms with Crippen LogP contribution in [-0.2, 0) is 9.47 Å². The van der Waals surface area contributed by atoms with E-state index in [0.29, 0.717) is 0 Å². The van der Waals surface area contributed by atoms with Gasteiger partial charge in [0.05, 0.1) is 0 Å². The molecule has 0 aromatic heterocycles. The van der Waals surface area contributed by atoms with Gasteiger partial charge in [0.25, 0.3) is 0 Å². The maximum atomic E-state index is 4.69. The molecule has 25 heavy (non-hydrogen) atoms. The van der Waals surface area contributed by atoms with Crippen LogP contribution in [0, 0.1) is 0 Å². The smallest absolute Gasteiger partial charge is 0.0459 e. The molecule has 0 aliphatic heterocycles. The Labute approximate surface area is 157 Å². The van der Waals surface area contributed by atoms with Crippen molar-refractivity contribution in [2.45, 2.75) is 47.0 Å². The Morgan fingerprint density at radius 1 is 0.440 bits per heavy atom. The Kier molecular flexibility index (Phi) is 38.2. The SMILES string of the molecule is CCC.CCCOC.CCCOC.c1ccccc1.c1ccccc1. The molecule has 2 aromatic rings. The number of benzene rings is 2. The zero-order valence-corrected chi connectivity index (χ0v) is 17.3. The standard InChI is InChI=1S/2C6H6.2C4H10O.C3H8/c2*1-2-4-6-5-3-1;2*1-3-4-5-2;1-3-2/h2*1-6H;2*3-4H2,1-2H3;3H2,1-2H3. The largest absolute Gasteiger partial charge is 0.385 e. The van der Waals surface area contributed by atoms with Gasteiger partial charge in [-0.1, -0.05) is 107 Å². The van der Waals surface area contributed by atoms with E-state index in [1.165, 1.54) is 6.42 Å². The van der Waals surface area contributed by atoms with Gasteiger partial charge in [-0.3, -0.25) is 0 Å². The first kappa shape index (κ1) is 28.2. The first-order chi connectivity index (χ1) is 12.2. The van der Waals surface area contributed by atoms with E-state index in [9.17, 15) is 0 Å². The predicted octanol–water partition coefficient (Wildman–Crippen LogP) is 6.88. The highest BCUT2D eigenvalue weighted by Gasteiger charge is 1.66. The summed E-state index contributed by atoms with van der Waals surface area (Å²) in [5.74, 6) is 0. The third kappa shape index (κ3) is 44.9. The first-order valence-electron chi connectivity index (χ1n) is 9.22. The van der Waals surface area contributed by atoms with Gasteiger partial charge in [-0.2, -0.15) is 0 Å². The fourth-order valence-corrected chi connectivity index (χ4v) is 1.18. The summed E-state index contributed by atoms with van der Waals surface area (Å²) in [6.07, 6.45) is 3.49. The second-order valence-corrected chi connectivity index (χ2v) is 5.00. The molecule has 0 fully saturated rings. The molecule has 0 heterocycles. The summed E-state index contributed by atoms with van der Waals surface area (Å²) < 4.78 is 9.38.